The molecule has 0 spiro atoms. The van der Waals surface area contributed by atoms with Crippen molar-refractivity contribution in [3.05, 3.63) is 65.8 Å². The molecule has 4 nitrogen and oxygen atoms in total. The summed E-state index contributed by atoms with van der Waals surface area (Å²) < 4.78 is 4.85. The average molecular weight is 230 g/mol. The second-order valence-corrected chi connectivity index (χ2v) is 3.37. The Kier molecular flexibility index (Phi) is 2.96. The molecule has 0 atom stereocenters. The van der Waals surface area contributed by atoms with Crippen molar-refractivity contribution in [2.45, 2.75) is 0 Å². The Hall–Kier alpha value is -2.49. The minimum Gasteiger partial charge on any atom is -0.504 e. The van der Waals surface area contributed by atoms with Gasteiger partial charge in [0.2, 0.25) is 5.76 Å². The van der Waals surface area contributed by atoms with E-state index in [1.165, 1.54) is 18.4 Å². The fourth-order valence-corrected chi connectivity index (χ4v) is 1.36. The summed E-state index contributed by atoms with van der Waals surface area (Å²) >= 11 is 0. The molecular weight excluding hydrogens is 220 g/mol. The topological polar surface area (TPSA) is 70.7 Å². The van der Waals surface area contributed by atoms with E-state index in [1.54, 1.807) is 30.3 Å². The smallest absolute Gasteiger partial charge is 0.266 e. The summed E-state index contributed by atoms with van der Waals surface area (Å²) in [5.74, 6) is -1.97. The number of furan rings is 1. The number of Topliss-reactive ketones (excluding diaryl/α,β-unsaturated/α-hetero) is 1. The number of aliphatic hydroxyl groups excluding tert-OH is 2. The molecule has 0 saturated carbocycles. The monoisotopic (exact) mass is 230 g/mol. The van der Waals surface area contributed by atoms with Crippen LogP contribution in [0.4, 0.5) is 0 Å². The first-order valence-corrected chi connectivity index (χ1v) is 4.96. The van der Waals surface area contributed by atoms with E-state index >= 15 is 0 Å². The molecular formula is C13H10O4. The highest BCUT2D eigenvalue weighted by Gasteiger charge is 2.19. The lowest BCUT2D eigenvalue weighted by Crippen LogP contribution is -2.04. The zero-order chi connectivity index (χ0) is 12.3. The third kappa shape index (κ3) is 2.20. The normalized spacial score (nSPS) is 12.0. The molecule has 0 amide bonds. The molecule has 0 fully saturated rings. The van der Waals surface area contributed by atoms with Gasteiger partial charge in [-0.1, -0.05) is 30.3 Å². The van der Waals surface area contributed by atoms with E-state index in [2.05, 4.69) is 0 Å². The van der Waals surface area contributed by atoms with Crippen molar-refractivity contribution in [2.24, 2.45) is 0 Å². The van der Waals surface area contributed by atoms with Crippen LogP contribution in [0.2, 0.25) is 0 Å². The van der Waals surface area contributed by atoms with E-state index in [0.29, 0.717) is 5.56 Å². The maximum absolute atomic E-state index is 11.7. The Bertz CT molecular complexity index is 538. The first-order chi connectivity index (χ1) is 8.20. The van der Waals surface area contributed by atoms with Crippen molar-refractivity contribution in [1.29, 1.82) is 0 Å². The van der Waals surface area contributed by atoms with Crippen molar-refractivity contribution in [3.8, 4) is 0 Å². The van der Waals surface area contributed by atoms with Crippen LogP contribution in [0.5, 0.6) is 0 Å². The van der Waals surface area contributed by atoms with Crippen molar-refractivity contribution in [3.63, 3.8) is 0 Å². The van der Waals surface area contributed by atoms with Gasteiger partial charge in [0.1, 0.15) is 0 Å². The molecule has 0 saturated heterocycles. The lowest BCUT2D eigenvalue weighted by molar-refractivity contribution is 0.0948. The Morgan fingerprint density at radius 2 is 1.71 bits per heavy atom. The Labute approximate surface area is 97.4 Å². The number of aliphatic hydroxyl groups is 2. The van der Waals surface area contributed by atoms with Gasteiger partial charge in [-0.05, 0) is 12.1 Å². The van der Waals surface area contributed by atoms with Crippen LogP contribution in [0.25, 0.3) is 5.76 Å². The zero-order valence-corrected chi connectivity index (χ0v) is 8.83. The first kappa shape index (κ1) is 11.0. The van der Waals surface area contributed by atoms with E-state index in [9.17, 15) is 15.0 Å². The Morgan fingerprint density at radius 3 is 2.29 bits per heavy atom. The molecule has 0 radical (unpaired) electrons. The number of carbonyl (C=O) groups is 1. The minimum absolute atomic E-state index is 0.0232. The molecule has 17 heavy (non-hydrogen) atoms. The second-order valence-electron chi connectivity index (χ2n) is 3.37. The fraction of sp³-hybridized carbons (Fsp3) is 0. The summed E-state index contributed by atoms with van der Waals surface area (Å²) in [4.78, 5) is 11.7. The van der Waals surface area contributed by atoms with Gasteiger partial charge in [-0.15, -0.1) is 0 Å². The third-order valence-electron chi connectivity index (χ3n) is 2.23. The maximum Gasteiger partial charge on any atom is 0.266 e. The number of hydrogen-bond donors (Lipinski definition) is 2. The molecule has 86 valence electrons. The molecule has 0 aliphatic heterocycles. The van der Waals surface area contributed by atoms with E-state index in [-0.39, 0.29) is 5.76 Å². The summed E-state index contributed by atoms with van der Waals surface area (Å²) in [5.41, 5.74) is 0.366. The van der Waals surface area contributed by atoms with Crippen LogP contribution in [-0.4, -0.2) is 16.0 Å². The number of rotatable bonds is 3. The van der Waals surface area contributed by atoms with E-state index in [1.807, 2.05) is 0 Å². The quantitative estimate of drug-likeness (QED) is 0.483. The summed E-state index contributed by atoms with van der Waals surface area (Å²) in [6.07, 6.45) is 1.32. The molecule has 2 N–H and O–H groups in total. The summed E-state index contributed by atoms with van der Waals surface area (Å²) in [6, 6.07) is 11.3. The predicted molar refractivity (Wildman–Crippen MR) is 61.7 cm³/mol. The molecule has 0 aliphatic rings. The number of hydrogen-bond acceptors (Lipinski definition) is 4. The number of benzene rings is 1. The molecule has 2 rings (SSSR count). The van der Waals surface area contributed by atoms with Gasteiger partial charge in [0.05, 0.1) is 6.26 Å². The van der Waals surface area contributed by atoms with Crippen LogP contribution in [0, 0.1) is 0 Å². The van der Waals surface area contributed by atoms with Gasteiger partial charge in [0.25, 0.3) is 5.78 Å². The standard InChI is InChI=1S/C13H10O4/c14-11(9-5-2-1-3-6-9)13(16)12(15)10-7-4-8-17-10/h1-8,14,16H. The van der Waals surface area contributed by atoms with Crippen LogP contribution in [-0.2, 0) is 0 Å². The van der Waals surface area contributed by atoms with Crippen LogP contribution in [0.1, 0.15) is 16.1 Å². The average Bonchev–Trinajstić information content (AvgIpc) is 2.91. The van der Waals surface area contributed by atoms with Gasteiger partial charge in [-0.3, -0.25) is 4.79 Å². The van der Waals surface area contributed by atoms with Gasteiger partial charge in [-0.25, -0.2) is 0 Å². The van der Waals surface area contributed by atoms with Crippen LogP contribution in [0.15, 0.2) is 58.9 Å². The van der Waals surface area contributed by atoms with Crippen LogP contribution >= 0.6 is 0 Å². The summed E-state index contributed by atoms with van der Waals surface area (Å²) in [6.45, 7) is 0. The second kappa shape index (κ2) is 4.57. The number of ketones is 1. The lowest BCUT2D eigenvalue weighted by atomic mass is 10.1. The number of carbonyl (C=O) groups excluding carboxylic acids is 1. The summed E-state index contributed by atoms with van der Waals surface area (Å²) in [5, 5.41) is 19.4. The number of allylic oxidation sites excluding steroid dienone is 1. The largest absolute Gasteiger partial charge is 0.504 e. The minimum atomic E-state index is -0.753. The van der Waals surface area contributed by atoms with Crippen molar-refractivity contribution in [1.82, 2.24) is 0 Å². The molecule has 1 aromatic heterocycles. The van der Waals surface area contributed by atoms with Gasteiger partial charge < -0.3 is 14.6 Å². The van der Waals surface area contributed by atoms with E-state index < -0.39 is 17.3 Å². The lowest BCUT2D eigenvalue weighted by Gasteiger charge is -2.02. The van der Waals surface area contributed by atoms with Crippen molar-refractivity contribution >= 4 is 11.5 Å². The highest BCUT2D eigenvalue weighted by Crippen LogP contribution is 2.17. The van der Waals surface area contributed by atoms with Crippen LogP contribution in [0.3, 0.4) is 0 Å². The first-order valence-electron chi connectivity index (χ1n) is 4.96. The van der Waals surface area contributed by atoms with Crippen molar-refractivity contribution < 1.29 is 19.4 Å². The molecule has 2 aromatic rings. The van der Waals surface area contributed by atoms with Gasteiger partial charge in [0, 0.05) is 5.56 Å². The van der Waals surface area contributed by atoms with Gasteiger partial charge in [0.15, 0.2) is 11.5 Å². The molecule has 0 aliphatic carbocycles. The van der Waals surface area contributed by atoms with Gasteiger partial charge >= 0.3 is 0 Å². The van der Waals surface area contributed by atoms with Crippen molar-refractivity contribution in [2.75, 3.05) is 0 Å². The highest BCUT2D eigenvalue weighted by molar-refractivity contribution is 6.08. The zero-order valence-electron chi connectivity index (χ0n) is 8.83. The molecule has 1 heterocycles. The van der Waals surface area contributed by atoms with E-state index in [0.717, 1.165) is 0 Å². The van der Waals surface area contributed by atoms with Crippen LogP contribution < -0.4 is 0 Å². The fourth-order valence-electron chi connectivity index (χ4n) is 1.36. The molecule has 0 bridgehead atoms. The summed E-state index contributed by atoms with van der Waals surface area (Å²) in [7, 11) is 0. The maximum atomic E-state index is 11.7. The molecule has 0 unspecified atom stereocenters. The third-order valence-corrected chi connectivity index (χ3v) is 2.23. The molecule has 4 heteroatoms. The van der Waals surface area contributed by atoms with Gasteiger partial charge in [-0.2, -0.15) is 0 Å². The van der Waals surface area contributed by atoms with E-state index in [4.69, 9.17) is 4.42 Å². The predicted octanol–water partition coefficient (Wildman–Crippen LogP) is 2.95. The Morgan fingerprint density at radius 1 is 1.00 bits per heavy atom. The highest BCUT2D eigenvalue weighted by atomic mass is 16.3. The molecule has 1 aromatic carbocycles. The Balaban J connectivity index is 2.36. The SMILES string of the molecule is O=C(C(O)=C(O)c1ccccc1)c1ccco1.